The molecule has 0 aromatic heterocycles. The maximum Gasteiger partial charge on any atom is 0.0816 e. The predicted octanol–water partition coefficient (Wildman–Crippen LogP) is 2.11. The standard InChI is InChI=1S/C15H25NO2/c16-8-11-1-3-12(4-2-11)9-17-10-13-7-14-5-6-15(13)18-14/h5-6,11-15H,1-4,7-10,16H2. The maximum absolute atomic E-state index is 5.93. The second kappa shape index (κ2) is 5.72. The van der Waals surface area contributed by atoms with E-state index in [0.29, 0.717) is 18.1 Å². The molecule has 3 atom stereocenters. The minimum atomic E-state index is 0.336. The van der Waals surface area contributed by atoms with Crippen LogP contribution < -0.4 is 5.73 Å². The fourth-order valence-electron chi connectivity index (χ4n) is 3.54. The summed E-state index contributed by atoms with van der Waals surface area (Å²) in [4.78, 5) is 0. The Balaban J connectivity index is 1.32. The van der Waals surface area contributed by atoms with Crippen LogP contribution in [0.2, 0.25) is 0 Å². The highest BCUT2D eigenvalue weighted by Crippen LogP contribution is 2.34. The molecule has 3 nitrogen and oxygen atoms in total. The Morgan fingerprint density at radius 2 is 1.83 bits per heavy atom. The molecule has 2 fully saturated rings. The lowest BCUT2D eigenvalue weighted by Gasteiger charge is -2.28. The topological polar surface area (TPSA) is 44.5 Å². The average Bonchev–Trinajstić information content (AvgIpc) is 3.02. The molecular weight excluding hydrogens is 226 g/mol. The number of ether oxygens (including phenoxy) is 2. The number of fused-ring (bicyclic) bond motifs is 2. The fraction of sp³-hybridized carbons (Fsp3) is 0.867. The van der Waals surface area contributed by atoms with E-state index in [1.807, 2.05) is 0 Å². The Morgan fingerprint density at radius 1 is 1.06 bits per heavy atom. The zero-order valence-corrected chi connectivity index (χ0v) is 11.1. The van der Waals surface area contributed by atoms with E-state index in [1.54, 1.807) is 0 Å². The van der Waals surface area contributed by atoms with E-state index in [9.17, 15) is 0 Å². The van der Waals surface area contributed by atoms with E-state index in [1.165, 1.54) is 25.7 Å². The summed E-state index contributed by atoms with van der Waals surface area (Å²) in [5, 5.41) is 0. The number of hydrogen-bond donors (Lipinski definition) is 1. The fourth-order valence-corrected chi connectivity index (χ4v) is 3.54. The maximum atomic E-state index is 5.93. The van der Waals surface area contributed by atoms with Crippen LogP contribution in [0.5, 0.6) is 0 Å². The molecule has 18 heavy (non-hydrogen) atoms. The van der Waals surface area contributed by atoms with E-state index >= 15 is 0 Å². The second-order valence-electron chi connectivity index (χ2n) is 6.18. The molecule has 0 aromatic carbocycles. The lowest BCUT2D eigenvalue weighted by Crippen LogP contribution is -2.25. The van der Waals surface area contributed by atoms with Crippen LogP contribution in [0.25, 0.3) is 0 Å². The normalized spacial score (nSPS) is 42.6. The number of nitrogens with two attached hydrogens (primary N) is 1. The first-order chi connectivity index (χ1) is 8.85. The highest BCUT2D eigenvalue weighted by molar-refractivity contribution is 5.10. The van der Waals surface area contributed by atoms with Crippen molar-refractivity contribution in [2.75, 3.05) is 19.8 Å². The molecule has 0 amide bonds. The first kappa shape index (κ1) is 12.6. The number of rotatable bonds is 5. The highest BCUT2D eigenvalue weighted by atomic mass is 16.5. The van der Waals surface area contributed by atoms with Crippen molar-refractivity contribution in [1.82, 2.24) is 0 Å². The molecule has 0 aromatic rings. The van der Waals surface area contributed by atoms with Crippen LogP contribution in [-0.2, 0) is 9.47 Å². The quantitative estimate of drug-likeness (QED) is 0.761. The average molecular weight is 251 g/mol. The summed E-state index contributed by atoms with van der Waals surface area (Å²) in [5.41, 5.74) is 5.71. The van der Waals surface area contributed by atoms with Gasteiger partial charge in [-0.25, -0.2) is 0 Å². The van der Waals surface area contributed by atoms with Gasteiger partial charge in [0.2, 0.25) is 0 Å². The Hall–Kier alpha value is -0.380. The molecule has 3 rings (SSSR count). The molecule has 0 spiro atoms. The van der Waals surface area contributed by atoms with Gasteiger partial charge in [-0.3, -0.25) is 0 Å². The predicted molar refractivity (Wildman–Crippen MR) is 71.2 cm³/mol. The monoisotopic (exact) mass is 251 g/mol. The lowest BCUT2D eigenvalue weighted by atomic mass is 9.82. The molecule has 3 heteroatoms. The summed E-state index contributed by atoms with van der Waals surface area (Å²) in [6, 6.07) is 0. The van der Waals surface area contributed by atoms with Crippen LogP contribution in [0.4, 0.5) is 0 Å². The number of hydrogen-bond acceptors (Lipinski definition) is 3. The van der Waals surface area contributed by atoms with Gasteiger partial charge < -0.3 is 15.2 Å². The van der Waals surface area contributed by atoms with Crippen molar-refractivity contribution in [2.45, 2.75) is 44.3 Å². The SMILES string of the molecule is NCC1CCC(COCC2CC3C=CC2O3)CC1. The Bertz CT molecular complexity index is 297. The van der Waals surface area contributed by atoms with Crippen LogP contribution in [-0.4, -0.2) is 32.0 Å². The van der Waals surface area contributed by atoms with Crippen LogP contribution in [0, 0.1) is 17.8 Å². The van der Waals surface area contributed by atoms with Crippen LogP contribution in [0.15, 0.2) is 12.2 Å². The van der Waals surface area contributed by atoms with E-state index < -0.39 is 0 Å². The van der Waals surface area contributed by atoms with Gasteiger partial charge in [-0.1, -0.05) is 12.2 Å². The molecular formula is C15H25NO2. The third-order valence-corrected chi connectivity index (χ3v) is 4.83. The van der Waals surface area contributed by atoms with Gasteiger partial charge in [-0.2, -0.15) is 0 Å². The van der Waals surface area contributed by atoms with Gasteiger partial charge in [0.05, 0.1) is 18.8 Å². The van der Waals surface area contributed by atoms with Crippen molar-refractivity contribution in [3.63, 3.8) is 0 Å². The van der Waals surface area contributed by atoms with Gasteiger partial charge in [0.15, 0.2) is 0 Å². The van der Waals surface area contributed by atoms with E-state index in [0.717, 1.165) is 38.0 Å². The lowest BCUT2D eigenvalue weighted by molar-refractivity contribution is 0.0372. The third-order valence-electron chi connectivity index (χ3n) is 4.83. The van der Waals surface area contributed by atoms with Crippen molar-refractivity contribution < 1.29 is 9.47 Å². The first-order valence-electron chi connectivity index (χ1n) is 7.46. The molecule has 1 aliphatic carbocycles. The Labute approximate surface area is 110 Å². The Morgan fingerprint density at radius 3 is 2.44 bits per heavy atom. The second-order valence-corrected chi connectivity index (χ2v) is 6.18. The van der Waals surface area contributed by atoms with Gasteiger partial charge in [-0.05, 0) is 50.5 Å². The van der Waals surface area contributed by atoms with Crippen LogP contribution in [0.3, 0.4) is 0 Å². The molecule has 2 aliphatic heterocycles. The first-order valence-corrected chi connectivity index (χ1v) is 7.46. The van der Waals surface area contributed by atoms with E-state index in [2.05, 4.69) is 12.2 Å². The van der Waals surface area contributed by atoms with Gasteiger partial charge in [-0.15, -0.1) is 0 Å². The van der Waals surface area contributed by atoms with Gasteiger partial charge in [0, 0.05) is 12.5 Å². The van der Waals surface area contributed by atoms with Gasteiger partial charge in [0.1, 0.15) is 0 Å². The molecule has 3 aliphatic rings. The van der Waals surface area contributed by atoms with Crippen molar-refractivity contribution >= 4 is 0 Å². The molecule has 1 saturated heterocycles. The molecule has 2 bridgehead atoms. The van der Waals surface area contributed by atoms with Crippen LogP contribution in [0.1, 0.15) is 32.1 Å². The molecule has 1 saturated carbocycles. The van der Waals surface area contributed by atoms with E-state index in [4.69, 9.17) is 15.2 Å². The van der Waals surface area contributed by atoms with Crippen molar-refractivity contribution in [1.29, 1.82) is 0 Å². The molecule has 102 valence electrons. The molecule has 2 N–H and O–H groups in total. The summed E-state index contributed by atoms with van der Waals surface area (Å²) in [5.74, 6) is 2.13. The summed E-state index contributed by atoms with van der Waals surface area (Å²) in [6.07, 6.45) is 11.5. The third kappa shape index (κ3) is 2.79. The Kier molecular flexibility index (Phi) is 4.02. The molecule has 2 heterocycles. The summed E-state index contributed by atoms with van der Waals surface area (Å²) in [6.45, 7) is 2.68. The summed E-state index contributed by atoms with van der Waals surface area (Å²) >= 11 is 0. The zero-order chi connectivity index (χ0) is 12.4. The van der Waals surface area contributed by atoms with E-state index in [-0.39, 0.29) is 0 Å². The van der Waals surface area contributed by atoms with Crippen molar-refractivity contribution in [2.24, 2.45) is 23.5 Å². The summed E-state index contributed by atoms with van der Waals surface area (Å²) in [7, 11) is 0. The van der Waals surface area contributed by atoms with Gasteiger partial charge in [0.25, 0.3) is 0 Å². The summed E-state index contributed by atoms with van der Waals surface area (Å²) < 4.78 is 11.7. The smallest absolute Gasteiger partial charge is 0.0816 e. The highest BCUT2D eigenvalue weighted by Gasteiger charge is 2.36. The van der Waals surface area contributed by atoms with Gasteiger partial charge >= 0.3 is 0 Å². The molecule has 3 unspecified atom stereocenters. The largest absolute Gasteiger partial charge is 0.381 e. The van der Waals surface area contributed by atoms with Crippen molar-refractivity contribution in [3.8, 4) is 0 Å². The molecule has 0 radical (unpaired) electrons. The van der Waals surface area contributed by atoms with Crippen LogP contribution >= 0.6 is 0 Å². The van der Waals surface area contributed by atoms with Crippen molar-refractivity contribution in [3.05, 3.63) is 12.2 Å². The minimum Gasteiger partial charge on any atom is -0.381 e. The zero-order valence-electron chi connectivity index (χ0n) is 11.1. The minimum absolute atomic E-state index is 0.336.